The second-order valence-electron chi connectivity index (χ2n) is 5.40. The molecule has 4 heteroatoms. The van der Waals surface area contributed by atoms with Gasteiger partial charge >= 0.3 is 0 Å². The number of benzene rings is 1. The summed E-state index contributed by atoms with van der Waals surface area (Å²) in [7, 11) is 1.82. The van der Waals surface area contributed by atoms with Crippen molar-refractivity contribution in [3.05, 3.63) is 87.9 Å². The van der Waals surface area contributed by atoms with Gasteiger partial charge in [0.15, 0.2) is 0 Å². The first-order chi connectivity index (χ1) is 11.2. The number of hydrogen-bond donors (Lipinski definition) is 0. The Labute approximate surface area is 140 Å². The Bertz CT molecular complexity index is 769. The van der Waals surface area contributed by atoms with Crippen LogP contribution in [0.25, 0.3) is 0 Å². The van der Waals surface area contributed by atoms with Crippen LogP contribution in [0.2, 0.25) is 0 Å². The zero-order valence-corrected chi connectivity index (χ0v) is 13.8. The second-order valence-corrected chi connectivity index (χ2v) is 6.43. The van der Waals surface area contributed by atoms with Gasteiger partial charge in [-0.05, 0) is 35.2 Å². The van der Waals surface area contributed by atoms with E-state index in [1.54, 1.807) is 22.4 Å². The van der Waals surface area contributed by atoms with Gasteiger partial charge in [-0.3, -0.25) is 9.78 Å². The van der Waals surface area contributed by atoms with Gasteiger partial charge < -0.3 is 4.90 Å². The lowest BCUT2D eigenvalue weighted by Gasteiger charge is -2.18. The van der Waals surface area contributed by atoms with Gasteiger partial charge in [-0.1, -0.05) is 30.3 Å². The minimum atomic E-state index is 0.0304. The standard InChI is InChI=1S/C19H18N2OS/c1-21(14-16-8-4-5-11-20-16)19(22)18-10-3-2-7-15(18)13-17-9-6-12-23-17/h2-12H,13-14H2,1H3. The number of carbonyl (C=O) groups is 1. The van der Waals surface area contributed by atoms with Crippen molar-refractivity contribution in [2.75, 3.05) is 7.05 Å². The van der Waals surface area contributed by atoms with Gasteiger partial charge in [0.2, 0.25) is 0 Å². The van der Waals surface area contributed by atoms with E-state index in [-0.39, 0.29) is 5.91 Å². The molecule has 23 heavy (non-hydrogen) atoms. The second kappa shape index (κ2) is 7.20. The molecule has 0 aliphatic carbocycles. The van der Waals surface area contributed by atoms with Crippen molar-refractivity contribution in [2.45, 2.75) is 13.0 Å². The summed E-state index contributed by atoms with van der Waals surface area (Å²) < 4.78 is 0. The summed E-state index contributed by atoms with van der Waals surface area (Å²) in [5.74, 6) is 0.0304. The summed E-state index contributed by atoms with van der Waals surface area (Å²) in [6.45, 7) is 0.507. The Morgan fingerprint density at radius 3 is 2.65 bits per heavy atom. The van der Waals surface area contributed by atoms with E-state index in [2.05, 4.69) is 16.4 Å². The van der Waals surface area contributed by atoms with E-state index in [0.29, 0.717) is 6.54 Å². The van der Waals surface area contributed by atoms with E-state index in [1.165, 1.54) is 4.88 Å². The molecule has 0 aliphatic rings. The SMILES string of the molecule is CN(Cc1ccccn1)C(=O)c1ccccc1Cc1cccs1. The number of thiophene rings is 1. The van der Waals surface area contributed by atoms with Crippen LogP contribution in [0, 0.1) is 0 Å². The maximum Gasteiger partial charge on any atom is 0.254 e. The molecule has 116 valence electrons. The summed E-state index contributed by atoms with van der Waals surface area (Å²) in [4.78, 5) is 20.1. The quantitative estimate of drug-likeness (QED) is 0.711. The predicted octanol–water partition coefficient (Wildman–Crippen LogP) is 4.01. The van der Waals surface area contributed by atoms with Crippen LogP contribution in [0.15, 0.2) is 66.2 Å². The molecule has 2 heterocycles. The Hall–Kier alpha value is -2.46. The van der Waals surface area contributed by atoms with Gasteiger partial charge in [0.05, 0.1) is 12.2 Å². The molecule has 2 aromatic heterocycles. The fourth-order valence-corrected chi connectivity index (χ4v) is 3.22. The Balaban J connectivity index is 1.79. The smallest absolute Gasteiger partial charge is 0.254 e. The molecule has 3 aromatic rings. The lowest BCUT2D eigenvalue weighted by molar-refractivity contribution is 0.0782. The van der Waals surface area contributed by atoms with Gasteiger partial charge in [0.1, 0.15) is 0 Å². The van der Waals surface area contributed by atoms with E-state index in [4.69, 9.17) is 0 Å². The monoisotopic (exact) mass is 322 g/mol. The third-order valence-corrected chi connectivity index (χ3v) is 4.54. The van der Waals surface area contributed by atoms with E-state index in [0.717, 1.165) is 23.2 Å². The summed E-state index contributed by atoms with van der Waals surface area (Å²) in [6, 6.07) is 17.7. The fraction of sp³-hybridized carbons (Fsp3) is 0.158. The van der Waals surface area contributed by atoms with Crippen LogP contribution < -0.4 is 0 Å². The van der Waals surface area contributed by atoms with Gasteiger partial charge in [-0.25, -0.2) is 0 Å². The lowest BCUT2D eigenvalue weighted by Crippen LogP contribution is -2.27. The van der Waals surface area contributed by atoms with Crippen LogP contribution >= 0.6 is 11.3 Å². The van der Waals surface area contributed by atoms with Crippen molar-refractivity contribution in [1.82, 2.24) is 9.88 Å². The van der Waals surface area contributed by atoms with Crippen LogP contribution in [0.3, 0.4) is 0 Å². The highest BCUT2D eigenvalue weighted by atomic mass is 32.1. The maximum atomic E-state index is 12.8. The van der Waals surface area contributed by atoms with E-state index < -0.39 is 0 Å². The molecule has 0 aliphatic heterocycles. The fourth-order valence-electron chi connectivity index (χ4n) is 2.50. The lowest BCUT2D eigenvalue weighted by atomic mass is 10.0. The molecule has 3 nitrogen and oxygen atoms in total. The summed E-state index contributed by atoms with van der Waals surface area (Å²) in [6.07, 6.45) is 2.54. The van der Waals surface area contributed by atoms with E-state index >= 15 is 0 Å². The number of pyridine rings is 1. The molecule has 0 atom stereocenters. The topological polar surface area (TPSA) is 33.2 Å². The largest absolute Gasteiger partial charge is 0.336 e. The first kappa shape index (κ1) is 15.4. The summed E-state index contributed by atoms with van der Waals surface area (Å²) in [5, 5.41) is 2.06. The van der Waals surface area contributed by atoms with Crippen LogP contribution in [-0.4, -0.2) is 22.8 Å². The molecule has 0 unspecified atom stereocenters. The molecule has 0 spiro atoms. The molecule has 0 bridgehead atoms. The molecule has 0 N–H and O–H groups in total. The number of amides is 1. The molecule has 1 amide bonds. The number of hydrogen-bond acceptors (Lipinski definition) is 3. The number of carbonyl (C=O) groups excluding carboxylic acids is 1. The van der Waals surface area contributed by atoms with Gasteiger partial charge in [0, 0.05) is 30.1 Å². The van der Waals surface area contributed by atoms with Gasteiger partial charge in [-0.2, -0.15) is 0 Å². The van der Waals surface area contributed by atoms with Crippen molar-refractivity contribution in [3.63, 3.8) is 0 Å². The van der Waals surface area contributed by atoms with Crippen molar-refractivity contribution in [3.8, 4) is 0 Å². The molecule has 0 saturated carbocycles. The summed E-state index contributed by atoms with van der Waals surface area (Å²) >= 11 is 1.71. The molecular weight excluding hydrogens is 304 g/mol. The first-order valence-corrected chi connectivity index (χ1v) is 8.37. The van der Waals surface area contributed by atoms with Crippen LogP contribution in [0.1, 0.15) is 26.5 Å². The van der Waals surface area contributed by atoms with Crippen molar-refractivity contribution >= 4 is 17.2 Å². The third-order valence-electron chi connectivity index (χ3n) is 3.66. The van der Waals surface area contributed by atoms with E-state index in [9.17, 15) is 4.79 Å². The van der Waals surface area contributed by atoms with Crippen LogP contribution in [0.5, 0.6) is 0 Å². The average Bonchev–Trinajstić information content (AvgIpc) is 3.09. The van der Waals surface area contributed by atoms with E-state index in [1.807, 2.05) is 55.6 Å². The van der Waals surface area contributed by atoms with Gasteiger partial charge in [0.25, 0.3) is 5.91 Å². The zero-order chi connectivity index (χ0) is 16.1. The van der Waals surface area contributed by atoms with Crippen molar-refractivity contribution < 1.29 is 4.79 Å². The number of rotatable bonds is 5. The maximum absolute atomic E-state index is 12.8. The number of nitrogens with zero attached hydrogens (tertiary/aromatic N) is 2. The minimum Gasteiger partial charge on any atom is -0.336 e. The Morgan fingerprint density at radius 2 is 1.91 bits per heavy atom. The third kappa shape index (κ3) is 3.85. The van der Waals surface area contributed by atoms with Crippen molar-refractivity contribution in [1.29, 1.82) is 0 Å². The van der Waals surface area contributed by atoms with Crippen LogP contribution in [0.4, 0.5) is 0 Å². The molecular formula is C19H18N2OS. The van der Waals surface area contributed by atoms with Crippen LogP contribution in [-0.2, 0) is 13.0 Å². The molecule has 0 radical (unpaired) electrons. The zero-order valence-electron chi connectivity index (χ0n) is 13.0. The molecule has 0 saturated heterocycles. The first-order valence-electron chi connectivity index (χ1n) is 7.49. The molecule has 3 rings (SSSR count). The Kier molecular flexibility index (Phi) is 4.83. The highest BCUT2D eigenvalue weighted by Gasteiger charge is 2.16. The molecule has 1 aromatic carbocycles. The predicted molar refractivity (Wildman–Crippen MR) is 93.6 cm³/mol. The number of aromatic nitrogens is 1. The highest BCUT2D eigenvalue weighted by Crippen LogP contribution is 2.19. The minimum absolute atomic E-state index is 0.0304. The Morgan fingerprint density at radius 1 is 1.09 bits per heavy atom. The molecule has 0 fully saturated rings. The average molecular weight is 322 g/mol. The summed E-state index contributed by atoms with van der Waals surface area (Å²) in [5.41, 5.74) is 2.71. The van der Waals surface area contributed by atoms with Crippen molar-refractivity contribution in [2.24, 2.45) is 0 Å². The van der Waals surface area contributed by atoms with Gasteiger partial charge in [-0.15, -0.1) is 11.3 Å². The highest BCUT2D eigenvalue weighted by molar-refractivity contribution is 7.09. The normalized spacial score (nSPS) is 10.5.